The summed E-state index contributed by atoms with van der Waals surface area (Å²) in [7, 11) is 0. The molecule has 0 nitrogen and oxygen atoms in total. The maximum atomic E-state index is 0. The van der Waals surface area contributed by atoms with Gasteiger partial charge in [0.05, 0.1) is 8.41 Å². The van der Waals surface area contributed by atoms with Crippen LogP contribution < -0.4 is 0 Å². The highest BCUT2D eigenvalue weighted by Crippen LogP contribution is 0.861. The summed E-state index contributed by atoms with van der Waals surface area (Å²) in [5, 5.41) is 0. The summed E-state index contributed by atoms with van der Waals surface area (Å²) >= 11 is 0. The van der Waals surface area contributed by atoms with Gasteiger partial charge in [0.25, 0.3) is 0 Å². The molecule has 0 rings (SSSR count). The normalized spacial score (nSPS) is 0. The fraction of sp³-hybridized carbons (Fsp3) is 1.00. The summed E-state index contributed by atoms with van der Waals surface area (Å²) < 4.78 is 0. The SMILES string of the molecule is B.C.P.[SiH4]. The Balaban J connectivity index is 0. The van der Waals surface area contributed by atoms with Crippen LogP contribution in [0.4, 0.5) is 0 Å². The zero-order valence-corrected chi connectivity index (χ0v) is 2.12. The molecular formula is CH14BPSi. The van der Waals surface area contributed by atoms with E-state index in [0.29, 0.717) is 0 Å². The van der Waals surface area contributed by atoms with Crippen molar-refractivity contribution in [3.63, 3.8) is 0 Å². The average Bonchev–Trinajstić information content (AvgIpc) is 0. The van der Waals surface area contributed by atoms with Crippen molar-refractivity contribution >= 4 is 29.3 Å². The third-order valence-electron chi connectivity index (χ3n) is 0. The second-order valence-electron chi connectivity index (χ2n) is 0. The minimum Gasteiger partial charge on any atom is -0.153 e. The van der Waals surface area contributed by atoms with E-state index in [-0.39, 0.29) is 36.7 Å². The molecule has 0 saturated heterocycles. The van der Waals surface area contributed by atoms with Gasteiger partial charge in [0.1, 0.15) is 0 Å². The molecule has 0 aromatic rings. The lowest BCUT2D eigenvalue weighted by molar-refractivity contribution is 2.50. The van der Waals surface area contributed by atoms with Gasteiger partial charge in [0, 0.05) is 0 Å². The van der Waals surface area contributed by atoms with Gasteiger partial charge in [-0.25, -0.2) is 0 Å². The van der Waals surface area contributed by atoms with E-state index in [9.17, 15) is 0 Å². The van der Waals surface area contributed by atoms with Crippen LogP contribution in [-0.2, 0) is 0 Å². The largest absolute Gasteiger partial charge is 0.153 e. The lowest BCUT2D eigenvalue weighted by Gasteiger charge is -0.153. The molecule has 3 heteroatoms. The van der Waals surface area contributed by atoms with Gasteiger partial charge in [-0.3, -0.25) is 0 Å². The smallest absolute Gasteiger partial charge is 0.0814 e. The van der Waals surface area contributed by atoms with Crippen LogP contribution in [0.1, 0.15) is 7.43 Å². The van der Waals surface area contributed by atoms with Crippen molar-refractivity contribution in [2.45, 2.75) is 7.43 Å². The Labute approximate surface area is 37.6 Å². The fourth-order valence-electron chi connectivity index (χ4n) is 0. The van der Waals surface area contributed by atoms with Crippen LogP contribution in [0.5, 0.6) is 0 Å². The quantitative estimate of drug-likeness (QED) is 0.243. The molecule has 1 atom stereocenters. The Bertz CT molecular complexity index is 8.00. The molecule has 0 aliphatic rings. The monoisotopic (exact) mass is 96.1 g/mol. The first-order chi connectivity index (χ1) is 0. The van der Waals surface area contributed by atoms with E-state index < -0.39 is 0 Å². The number of hydrogen-bond donors (Lipinski definition) is 0. The van der Waals surface area contributed by atoms with Gasteiger partial charge in [-0.05, 0) is 11.0 Å². The van der Waals surface area contributed by atoms with Gasteiger partial charge in [0.2, 0.25) is 0 Å². The van der Waals surface area contributed by atoms with Gasteiger partial charge in [-0.15, -0.1) is 0 Å². The van der Waals surface area contributed by atoms with Crippen molar-refractivity contribution in [2.24, 2.45) is 0 Å². The highest BCUT2D eigenvalue weighted by Gasteiger charge is 0.0814. The van der Waals surface area contributed by atoms with Gasteiger partial charge in [-0.2, -0.15) is 9.90 Å². The summed E-state index contributed by atoms with van der Waals surface area (Å²) in [5.41, 5.74) is 0. The van der Waals surface area contributed by atoms with Crippen LogP contribution in [-0.4, -0.2) is 19.4 Å². The van der Waals surface area contributed by atoms with Crippen molar-refractivity contribution in [1.82, 2.24) is 0 Å². The third-order valence-corrected chi connectivity index (χ3v) is 0. The molecule has 4 heavy (non-hydrogen) atoms. The van der Waals surface area contributed by atoms with Crippen molar-refractivity contribution in [3.8, 4) is 0 Å². The Hall–Kier alpha value is 0.712. The average molecular weight is 96.0 g/mol. The predicted octanol–water partition coefficient (Wildman–Crippen LogP) is -1.94. The van der Waals surface area contributed by atoms with Gasteiger partial charge < -0.3 is 0 Å². The molecular weight excluding hydrogens is 81.9 g/mol. The zero-order chi connectivity index (χ0) is 0. The number of hydrogen-bond acceptors (Lipinski definition) is 0. The zero-order valence-electron chi connectivity index (χ0n) is 0.707. The first-order valence-electron chi connectivity index (χ1n) is 0. The molecule has 30 valence electrons. The van der Waals surface area contributed by atoms with E-state index in [1.54, 1.807) is 0 Å². The summed E-state index contributed by atoms with van der Waals surface area (Å²) in [6.45, 7) is 0. The minimum atomic E-state index is 0. The molecule has 0 fully saturated rings. The molecule has 0 bridgehead atoms. The van der Waals surface area contributed by atoms with Crippen LogP contribution >= 0.6 is 9.90 Å². The van der Waals surface area contributed by atoms with E-state index in [2.05, 4.69) is 0 Å². The van der Waals surface area contributed by atoms with E-state index in [1.165, 1.54) is 0 Å². The Morgan fingerprint density at radius 3 is 1.00 bits per heavy atom. The van der Waals surface area contributed by atoms with Crippen molar-refractivity contribution in [1.29, 1.82) is 0 Å². The molecule has 0 aromatic carbocycles. The van der Waals surface area contributed by atoms with E-state index in [0.717, 1.165) is 0 Å². The molecule has 0 aliphatic carbocycles. The first-order valence-corrected chi connectivity index (χ1v) is 0. The second-order valence-corrected chi connectivity index (χ2v) is 0. The minimum absolute atomic E-state index is 0. The van der Waals surface area contributed by atoms with Crippen LogP contribution in [0.15, 0.2) is 0 Å². The highest BCUT2D eigenvalue weighted by molar-refractivity contribution is 6.92. The molecule has 0 amide bonds. The van der Waals surface area contributed by atoms with E-state index in [1.807, 2.05) is 0 Å². The van der Waals surface area contributed by atoms with Crippen LogP contribution in [0, 0.1) is 0 Å². The number of rotatable bonds is 0. The Kier molecular flexibility index (Phi) is 1730. The van der Waals surface area contributed by atoms with Gasteiger partial charge in [0.15, 0.2) is 0 Å². The molecule has 0 N–H and O–H groups in total. The molecule has 0 radical (unpaired) electrons. The van der Waals surface area contributed by atoms with Crippen molar-refractivity contribution < 1.29 is 0 Å². The Morgan fingerprint density at radius 2 is 1.00 bits per heavy atom. The lowest BCUT2D eigenvalue weighted by atomic mass is 10.8. The topological polar surface area (TPSA) is 0 Å². The lowest BCUT2D eigenvalue weighted by Crippen LogP contribution is -0.382. The second kappa shape index (κ2) is 53.9. The van der Waals surface area contributed by atoms with Gasteiger partial charge >= 0.3 is 0 Å². The van der Waals surface area contributed by atoms with Crippen LogP contribution in [0.25, 0.3) is 0 Å². The molecule has 1 unspecified atom stereocenters. The Morgan fingerprint density at radius 1 is 1.00 bits per heavy atom. The summed E-state index contributed by atoms with van der Waals surface area (Å²) in [4.78, 5) is 0. The summed E-state index contributed by atoms with van der Waals surface area (Å²) in [6, 6.07) is 0. The maximum Gasteiger partial charge on any atom is 0.0814 e. The predicted molar refractivity (Wildman–Crippen MR) is 39.1 cm³/mol. The van der Waals surface area contributed by atoms with Crippen molar-refractivity contribution in [3.05, 3.63) is 0 Å². The summed E-state index contributed by atoms with van der Waals surface area (Å²) in [5.74, 6) is 0. The van der Waals surface area contributed by atoms with Crippen LogP contribution in [0.3, 0.4) is 0 Å². The highest BCUT2D eigenvalue weighted by atomic mass is 31.0. The third kappa shape index (κ3) is 15.7. The molecule has 0 aliphatic heterocycles. The standard InChI is InChI=1S/CH4.BH3.H3P.H4Si/h1H4;2*1H3;1H4. The molecule has 0 heterocycles. The van der Waals surface area contributed by atoms with Crippen molar-refractivity contribution in [2.75, 3.05) is 0 Å². The maximum absolute atomic E-state index is 0. The van der Waals surface area contributed by atoms with E-state index in [4.69, 9.17) is 0 Å². The van der Waals surface area contributed by atoms with E-state index >= 15 is 0 Å². The van der Waals surface area contributed by atoms with Crippen LogP contribution in [0.2, 0.25) is 0 Å². The molecule has 0 saturated carbocycles. The fourth-order valence-corrected chi connectivity index (χ4v) is 0. The molecule has 0 aromatic heterocycles. The van der Waals surface area contributed by atoms with Gasteiger partial charge in [-0.1, -0.05) is 7.43 Å². The first kappa shape index (κ1) is 128. The summed E-state index contributed by atoms with van der Waals surface area (Å²) in [6.07, 6.45) is 0. The molecule has 0 spiro atoms.